The van der Waals surface area contributed by atoms with Crippen molar-refractivity contribution in [3.8, 4) is 0 Å². The Labute approximate surface area is 159 Å². The molecule has 25 heavy (non-hydrogen) atoms. The molecular formula is C19H17BrClNO3. The molecule has 2 amide bonds. The number of hydrogen-bond acceptors (Lipinski definition) is 3. The highest BCUT2D eigenvalue weighted by molar-refractivity contribution is 9.10. The summed E-state index contributed by atoms with van der Waals surface area (Å²) in [5.41, 5.74) is 1.62. The van der Waals surface area contributed by atoms with Gasteiger partial charge < -0.3 is 4.74 Å². The highest BCUT2D eigenvalue weighted by atomic mass is 79.9. The van der Waals surface area contributed by atoms with Gasteiger partial charge in [0.1, 0.15) is 6.10 Å². The summed E-state index contributed by atoms with van der Waals surface area (Å²) in [7, 11) is 0. The Bertz CT molecular complexity index is 791. The van der Waals surface area contributed by atoms with Gasteiger partial charge in [0.15, 0.2) is 0 Å². The van der Waals surface area contributed by atoms with E-state index in [2.05, 4.69) is 15.9 Å². The number of nitrogens with zero attached hydrogens (tertiary/aromatic N) is 1. The van der Waals surface area contributed by atoms with E-state index in [9.17, 15) is 9.59 Å². The molecule has 130 valence electrons. The number of cyclic esters (lactones) is 1. The summed E-state index contributed by atoms with van der Waals surface area (Å²) < 4.78 is 6.24. The molecule has 4 nitrogen and oxygen atoms in total. The topological polar surface area (TPSA) is 46.6 Å². The first-order valence-corrected chi connectivity index (χ1v) is 9.10. The molecule has 1 aliphatic heterocycles. The smallest absolute Gasteiger partial charge is 0.417 e. The van der Waals surface area contributed by atoms with E-state index >= 15 is 0 Å². The standard InChI is InChI=1S/C19H17BrClNO3/c1-11(14-8-15(20)10-16(21)9-14)18(23)22-12(2)17(25-19(22)24)13-6-4-3-5-7-13/h3-12,17H,1-2H3/t11-,12-,17-/m1/s1. The molecule has 0 spiro atoms. The second-order valence-corrected chi connectivity index (χ2v) is 7.44. The van der Waals surface area contributed by atoms with E-state index in [1.54, 1.807) is 19.1 Å². The Balaban J connectivity index is 1.85. The number of carbonyl (C=O) groups is 2. The number of carbonyl (C=O) groups excluding carboxylic acids is 2. The molecule has 0 saturated carbocycles. The molecule has 0 N–H and O–H groups in total. The Morgan fingerprint density at radius 1 is 1.24 bits per heavy atom. The Kier molecular flexibility index (Phi) is 5.16. The number of hydrogen-bond donors (Lipinski definition) is 0. The maximum atomic E-state index is 12.9. The Hall–Kier alpha value is -1.85. The van der Waals surface area contributed by atoms with Crippen molar-refractivity contribution in [1.29, 1.82) is 0 Å². The first-order chi connectivity index (χ1) is 11.9. The summed E-state index contributed by atoms with van der Waals surface area (Å²) in [6.45, 7) is 3.58. The molecule has 1 saturated heterocycles. The lowest BCUT2D eigenvalue weighted by atomic mass is 9.98. The van der Waals surface area contributed by atoms with Crippen LogP contribution in [0.25, 0.3) is 0 Å². The largest absolute Gasteiger partial charge is 0.439 e. The zero-order chi connectivity index (χ0) is 18.1. The second kappa shape index (κ2) is 7.18. The van der Waals surface area contributed by atoms with Crippen molar-refractivity contribution in [2.75, 3.05) is 0 Å². The number of ether oxygens (including phenoxy) is 1. The molecule has 0 bridgehead atoms. The van der Waals surface area contributed by atoms with Gasteiger partial charge in [-0.15, -0.1) is 0 Å². The minimum Gasteiger partial charge on any atom is -0.439 e. The van der Waals surface area contributed by atoms with Gasteiger partial charge >= 0.3 is 6.09 Å². The summed E-state index contributed by atoms with van der Waals surface area (Å²) in [4.78, 5) is 26.5. The fourth-order valence-corrected chi connectivity index (χ4v) is 3.91. The third kappa shape index (κ3) is 3.58. The lowest BCUT2D eigenvalue weighted by Crippen LogP contribution is -2.40. The maximum Gasteiger partial charge on any atom is 0.417 e. The number of halogens is 2. The SMILES string of the molecule is C[C@@H]1[C@H](c2ccccc2)OC(=O)N1C(=O)[C@H](C)c1cc(Cl)cc(Br)c1. The quantitative estimate of drug-likeness (QED) is 0.673. The second-order valence-electron chi connectivity index (χ2n) is 6.09. The molecule has 6 heteroatoms. The van der Waals surface area contributed by atoms with Crippen LogP contribution in [0.4, 0.5) is 4.79 Å². The van der Waals surface area contributed by atoms with Crippen molar-refractivity contribution in [2.24, 2.45) is 0 Å². The molecule has 1 aliphatic rings. The van der Waals surface area contributed by atoms with Crippen LogP contribution in [-0.4, -0.2) is 22.9 Å². The molecule has 3 atom stereocenters. The third-order valence-electron chi connectivity index (χ3n) is 4.39. The molecule has 3 rings (SSSR count). The molecule has 0 radical (unpaired) electrons. The molecule has 1 fully saturated rings. The van der Waals surface area contributed by atoms with Gasteiger partial charge in [0.25, 0.3) is 0 Å². The first-order valence-electron chi connectivity index (χ1n) is 7.93. The molecule has 2 aromatic rings. The zero-order valence-electron chi connectivity index (χ0n) is 13.8. The van der Waals surface area contributed by atoms with Crippen LogP contribution in [0.3, 0.4) is 0 Å². The van der Waals surface area contributed by atoms with Crippen LogP contribution in [-0.2, 0) is 9.53 Å². The van der Waals surface area contributed by atoms with Crippen LogP contribution in [0, 0.1) is 0 Å². The Morgan fingerprint density at radius 2 is 1.92 bits per heavy atom. The molecule has 0 unspecified atom stereocenters. The fourth-order valence-electron chi connectivity index (χ4n) is 3.02. The summed E-state index contributed by atoms with van der Waals surface area (Å²) in [5.74, 6) is -0.815. The van der Waals surface area contributed by atoms with E-state index in [1.807, 2.05) is 43.3 Å². The van der Waals surface area contributed by atoms with E-state index in [-0.39, 0.29) is 11.9 Å². The number of rotatable bonds is 3. The van der Waals surface area contributed by atoms with E-state index in [4.69, 9.17) is 16.3 Å². The Morgan fingerprint density at radius 3 is 2.56 bits per heavy atom. The molecule has 0 aliphatic carbocycles. The molecule has 2 aromatic carbocycles. The van der Waals surface area contributed by atoms with Crippen molar-refractivity contribution < 1.29 is 14.3 Å². The van der Waals surface area contributed by atoms with Gasteiger partial charge in [-0.05, 0) is 43.2 Å². The highest BCUT2D eigenvalue weighted by Gasteiger charge is 2.44. The zero-order valence-corrected chi connectivity index (χ0v) is 16.1. The highest BCUT2D eigenvalue weighted by Crippen LogP contribution is 2.35. The fraction of sp³-hybridized carbons (Fsp3) is 0.263. The van der Waals surface area contributed by atoms with Gasteiger partial charge in [-0.25, -0.2) is 9.69 Å². The van der Waals surface area contributed by atoms with Crippen LogP contribution < -0.4 is 0 Å². The average Bonchev–Trinajstić information content (AvgIpc) is 2.88. The number of amides is 2. The van der Waals surface area contributed by atoms with Crippen molar-refractivity contribution in [3.05, 3.63) is 69.2 Å². The lowest BCUT2D eigenvalue weighted by Gasteiger charge is -2.23. The number of imide groups is 1. The summed E-state index contributed by atoms with van der Waals surface area (Å²) in [5, 5.41) is 0.531. The van der Waals surface area contributed by atoms with Gasteiger partial charge in [-0.1, -0.05) is 57.9 Å². The molecule has 0 aromatic heterocycles. The van der Waals surface area contributed by atoms with Crippen molar-refractivity contribution in [1.82, 2.24) is 4.90 Å². The van der Waals surface area contributed by atoms with Gasteiger partial charge in [-0.3, -0.25) is 4.79 Å². The summed E-state index contributed by atoms with van der Waals surface area (Å²) >= 11 is 9.45. The van der Waals surface area contributed by atoms with Crippen molar-refractivity contribution >= 4 is 39.5 Å². The van der Waals surface area contributed by atoms with E-state index < -0.39 is 18.1 Å². The summed E-state index contributed by atoms with van der Waals surface area (Å²) in [6.07, 6.45) is -1.07. The van der Waals surface area contributed by atoms with Crippen LogP contribution >= 0.6 is 27.5 Å². The maximum absolute atomic E-state index is 12.9. The summed E-state index contributed by atoms with van der Waals surface area (Å²) in [6, 6.07) is 14.4. The molecule has 1 heterocycles. The van der Waals surface area contributed by atoms with E-state index in [1.165, 1.54) is 4.90 Å². The minimum absolute atomic E-state index is 0.301. The van der Waals surface area contributed by atoms with Crippen molar-refractivity contribution in [2.45, 2.75) is 31.9 Å². The van der Waals surface area contributed by atoms with Crippen molar-refractivity contribution in [3.63, 3.8) is 0 Å². The van der Waals surface area contributed by atoms with Gasteiger partial charge in [0.2, 0.25) is 5.91 Å². The molecular weight excluding hydrogens is 406 g/mol. The lowest BCUT2D eigenvalue weighted by molar-refractivity contribution is -0.130. The predicted octanol–water partition coefficient (Wildman–Crippen LogP) is 5.31. The van der Waals surface area contributed by atoms with E-state index in [0.29, 0.717) is 5.02 Å². The van der Waals surface area contributed by atoms with Gasteiger partial charge in [0, 0.05) is 9.50 Å². The van der Waals surface area contributed by atoms with Crippen LogP contribution in [0.5, 0.6) is 0 Å². The van der Waals surface area contributed by atoms with E-state index in [0.717, 1.165) is 15.6 Å². The first kappa shape index (κ1) is 18.0. The van der Waals surface area contributed by atoms with Crippen LogP contribution in [0.2, 0.25) is 5.02 Å². The monoisotopic (exact) mass is 421 g/mol. The minimum atomic E-state index is -0.612. The normalized spacial score (nSPS) is 21.1. The van der Waals surface area contributed by atoms with Crippen LogP contribution in [0.15, 0.2) is 53.0 Å². The number of benzene rings is 2. The predicted molar refractivity (Wildman–Crippen MR) is 99.5 cm³/mol. The van der Waals surface area contributed by atoms with Gasteiger partial charge in [-0.2, -0.15) is 0 Å². The van der Waals surface area contributed by atoms with Crippen LogP contribution in [0.1, 0.15) is 37.0 Å². The van der Waals surface area contributed by atoms with Gasteiger partial charge in [0.05, 0.1) is 12.0 Å². The third-order valence-corrected chi connectivity index (χ3v) is 5.07. The average molecular weight is 423 g/mol.